The van der Waals surface area contributed by atoms with Crippen molar-refractivity contribution >= 4 is 23.0 Å². The van der Waals surface area contributed by atoms with E-state index in [2.05, 4.69) is 30.9 Å². The second-order valence-corrected chi connectivity index (χ2v) is 5.33. The third-order valence-corrected chi connectivity index (χ3v) is 3.14. The smallest absolute Gasteiger partial charge is 0.137 e. The summed E-state index contributed by atoms with van der Waals surface area (Å²) in [6, 6.07) is 5.61. The van der Waals surface area contributed by atoms with Gasteiger partial charge in [0, 0.05) is 5.71 Å². The summed E-state index contributed by atoms with van der Waals surface area (Å²) in [5.41, 5.74) is 2.02. The van der Waals surface area contributed by atoms with E-state index in [-0.39, 0.29) is 0 Å². The third kappa shape index (κ3) is 6.08. The topological polar surface area (TPSA) is 24.8 Å². The van der Waals surface area contributed by atoms with E-state index in [1.54, 1.807) is 7.11 Å². The van der Waals surface area contributed by atoms with Gasteiger partial charge in [-0.05, 0) is 65.0 Å². The molecule has 0 bridgehead atoms. The molecule has 0 spiro atoms. The number of aliphatic imine (C=N–C) groups is 1. The molecule has 4 heteroatoms. The van der Waals surface area contributed by atoms with Crippen LogP contribution in [0.3, 0.4) is 0 Å². The van der Waals surface area contributed by atoms with Crippen LogP contribution >= 0.6 is 11.6 Å². The van der Waals surface area contributed by atoms with Crippen LogP contribution in [0.4, 0.5) is 5.69 Å². The molecule has 0 amide bonds. The summed E-state index contributed by atoms with van der Waals surface area (Å²) >= 11 is 6.07. The molecule has 0 aliphatic rings. The molecule has 0 unspecified atom stereocenters. The number of methoxy groups -OCH3 is 1. The van der Waals surface area contributed by atoms with E-state index in [0.717, 1.165) is 30.8 Å². The van der Waals surface area contributed by atoms with E-state index < -0.39 is 0 Å². The van der Waals surface area contributed by atoms with Crippen LogP contribution in [0.1, 0.15) is 26.2 Å². The highest BCUT2D eigenvalue weighted by atomic mass is 35.5. The Morgan fingerprint density at radius 3 is 2.63 bits per heavy atom. The maximum atomic E-state index is 6.07. The minimum absolute atomic E-state index is 0.601. The summed E-state index contributed by atoms with van der Waals surface area (Å²) in [7, 11) is 5.81. The van der Waals surface area contributed by atoms with E-state index in [0.29, 0.717) is 10.8 Å². The van der Waals surface area contributed by atoms with Gasteiger partial charge < -0.3 is 9.64 Å². The van der Waals surface area contributed by atoms with Gasteiger partial charge in [0.25, 0.3) is 0 Å². The van der Waals surface area contributed by atoms with Crippen molar-refractivity contribution in [1.29, 1.82) is 0 Å². The molecule has 0 aromatic heterocycles. The maximum Gasteiger partial charge on any atom is 0.137 e. The molecule has 0 radical (unpaired) electrons. The lowest BCUT2D eigenvalue weighted by Gasteiger charge is -2.08. The van der Waals surface area contributed by atoms with Gasteiger partial charge in [-0.3, -0.25) is 4.99 Å². The molecule has 0 aliphatic carbocycles. The van der Waals surface area contributed by atoms with Crippen LogP contribution in [0.25, 0.3) is 0 Å². The molecule has 0 aliphatic heterocycles. The van der Waals surface area contributed by atoms with Crippen LogP contribution in [0.15, 0.2) is 23.2 Å². The monoisotopic (exact) mass is 282 g/mol. The second-order valence-electron chi connectivity index (χ2n) is 4.93. The number of hydrogen-bond acceptors (Lipinski definition) is 3. The van der Waals surface area contributed by atoms with Gasteiger partial charge in [0.15, 0.2) is 0 Å². The number of rotatable bonds is 7. The van der Waals surface area contributed by atoms with Gasteiger partial charge >= 0.3 is 0 Å². The fourth-order valence-corrected chi connectivity index (χ4v) is 2.06. The summed E-state index contributed by atoms with van der Waals surface area (Å²) in [6.07, 6.45) is 3.39. The second kappa shape index (κ2) is 8.18. The fourth-order valence-electron chi connectivity index (χ4n) is 1.81. The Labute approximate surface area is 121 Å². The van der Waals surface area contributed by atoms with E-state index >= 15 is 0 Å². The van der Waals surface area contributed by atoms with Crippen molar-refractivity contribution in [2.45, 2.75) is 26.2 Å². The van der Waals surface area contributed by atoms with Crippen molar-refractivity contribution in [3.63, 3.8) is 0 Å². The van der Waals surface area contributed by atoms with Crippen LogP contribution in [0.2, 0.25) is 5.02 Å². The Balaban J connectivity index is 2.51. The molecular weight excluding hydrogens is 260 g/mol. The first-order valence-electron chi connectivity index (χ1n) is 6.55. The number of benzene rings is 1. The molecule has 0 saturated heterocycles. The van der Waals surface area contributed by atoms with Crippen LogP contribution in [-0.4, -0.2) is 38.4 Å². The molecule has 19 heavy (non-hydrogen) atoms. The molecule has 0 N–H and O–H groups in total. The molecule has 0 heterocycles. The van der Waals surface area contributed by atoms with Crippen molar-refractivity contribution in [2.75, 3.05) is 27.7 Å². The minimum atomic E-state index is 0.601. The van der Waals surface area contributed by atoms with Crippen LogP contribution < -0.4 is 4.74 Å². The third-order valence-electron chi connectivity index (χ3n) is 2.85. The number of unbranched alkanes of at least 4 members (excludes halogenated alkanes) is 1. The zero-order chi connectivity index (χ0) is 14.3. The van der Waals surface area contributed by atoms with Gasteiger partial charge in [-0.1, -0.05) is 11.6 Å². The van der Waals surface area contributed by atoms with Gasteiger partial charge in [0.05, 0.1) is 17.8 Å². The summed E-state index contributed by atoms with van der Waals surface area (Å²) in [4.78, 5) is 6.78. The minimum Gasteiger partial charge on any atom is -0.495 e. The average Bonchev–Trinajstić information content (AvgIpc) is 2.35. The standard InChI is InChI=1S/C15H23ClN2O/c1-12(7-5-6-10-18(2)3)17-13-8-9-15(19-4)14(16)11-13/h8-9,11H,5-7,10H2,1-4H3. The van der Waals surface area contributed by atoms with Gasteiger partial charge in [0.1, 0.15) is 5.75 Å². The zero-order valence-corrected chi connectivity index (χ0v) is 13.0. The molecule has 0 saturated carbocycles. The molecule has 1 rings (SSSR count). The lowest BCUT2D eigenvalue weighted by molar-refractivity contribution is 0.396. The summed E-state index contributed by atoms with van der Waals surface area (Å²) in [5.74, 6) is 0.684. The van der Waals surface area contributed by atoms with E-state index in [1.807, 2.05) is 18.2 Å². The lowest BCUT2D eigenvalue weighted by atomic mass is 10.2. The Morgan fingerprint density at radius 2 is 2.05 bits per heavy atom. The van der Waals surface area contributed by atoms with E-state index in [9.17, 15) is 0 Å². The first kappa shape index (κ1) is 16.0. The van der Waals surface area contributed by atoms with Crippen molar-refractivity contribution in [2.24, 2.45) is 4.99 Å². The molecule has 106 valence electrons. The quantitative estimate of drug-likeness (QED) is 0.554. The van der Waals surface area contributed by atoms with Gasteiger partial charge in [-0.15, -0.1) is 0 Å². The van der Waals surface area contributed by atoms with Crippen molar-refractivity contribution in [3.8, 4) is 5.75 Å². The van der Waals surface area contributed by atoms with E-state index in [4.69, 9.17) is 16.3 Å². The fraction of sp³-hybridized carbons (Fsp3) is 0.533. The van der Waals surface area contributed by atoms with Gasteiger partial charge in [-0.2, -0.15) is 0 Å². The maximum absolute atomic E-state index is 6.07. The van der Waals surface area contributed by atoms with Crippen molar-refractivity contribution in [1.82, 2.24) is 4.90 Å². The Kier molecular flexibility index (Phi) is 6.89. The predicted molar refractivity (Wildman–Crippen MR) is 83.2 cm³/mol. The van der Waals surface area contributed by atoms with E-state index in [1.165, 1.54) is 6.42 Å². The Hall–Kier alpha value is -1.06. The van der Waals surface area contributed by atoms with Crippen LogP contribution in [-0.2, 0) is 0 Å². The predicted octanol–water partition coefficient (Wildman–Crippen LogP) is 4.17. The summed E-state index contributed by atoms with van der Waals surface area (Å²) in [6.45, 7) is 3.19. The highest BCUT2D eigenvalue weighted by Crippen LogP contribution is 2.28. The molecular formula is C15H23ClN2O. The number of hydrogen-bond donors (Lipinski definition) is 0. The lowest BCUT2D eigenvalue weighted by Crippen LogP contribution is -2.12. The number of halogens is 1. The van der Waals surface area contributed by atoms with Gasteiger partial charge in [0.2, 0.25) is 0 Å². The highest BCUT2D eigenvalue weighted by Gasteiger charge is 2.01. The van der Waals surface area contributed by atoms with Crippen LogP contribution in [0.5, 0.6) is 5.75 Å². The SMILES string of the molecule is COc1ccc(N=C(C)CCCCN(C)C)cc1Cl. The molecule has 1 aromatic rings. The number of nitrogens with zero attached hydrogens (tertiary/aromatic N) is 2. The first-order chi connectivity index (χ1) is 9.02. The van der Waals surface area contributed by atoms with Crippen molar-refractivity contribution < 1.29 is 4.74 Å². The largest absolute Gasteiger partial charge is 0.495 e. The molecule has 3 nitrogen and oxygen atoms in total. The Bertz CT molecular complexity index is 430. The summed E-state index contributed by atoms with van der Waals surface area (Å²) in [5, 5.41) is 0.601. The van der Waals surface area contributed by atoms with Crippen molar-refractivity contribution in [3.05, 3.63) is 23.2 Å². The van der Waals surface area contributed by atoms with Crippen LogP contribution in [0, 0.1) is 0 Å². The zero-order valence-electron chi connectivity index (χ0n) is 12.2. The molecule has 0 atom stereocenters. The summed E-state index contributed by atoms with van der Waals surface area (Å²) < 4.78 is 5.12. The average molecular weight is 283 g/mol. The molecule has 1 aromatic carbocycles. The molecule has 0 fully saturated rings. The first-order valence-corrected chi connectivity index (χ1v) is 6.93. The Morgan fingerprint density at radius 1 is 1.32 bits per heavy atom. The van der Waals surface area contributed by atoms with Gasteiger partial charge in [-0.25, -0.2) is 0 Å². The number of ether oxygens (including phenoxy) is 1. The normalized spacial score (nSPS) is 12.0. The highest BCUT2D eigenvalue weighted by molar-refractivity contribution is 6.32.